The molecular formula is C41H50N8O4S. The molecule has 0 spiro atoms. The van der Waals surface area contributed by atoms with Crippen molar-refractivity contribution in [2.75, 3.05) is 31.9 Å². The van der Waals surface area contributed by atoms with Gasteiger partial charge >= 0.3 is 0 Å². The Kier molecular flexibility index (Phi) is 11.5. The molecule has 0 unspecified atom stereocenters. The van der Waals surface area contributed by atoms with Gasteiger partial charge in [-0.25, -0.2) is 4.98 Å². The quantitative estimate of drug-likeness (QED) is 0.135. The molecule has 0 radical (unpaired) electrons. The maximum atomic E-state index is 14.3. The number of hydrogen-bond donors (Lipinski definition) is 5. The zero-order valence-corrected chi connectivity index (χ0v) is 32.4. The van der Waals surface area contributed by atoms with Gasteiger partial charge in [0, 0.05) is 48.9 Å². The van der Waals surface area contributed by atoms with Crippen LogP contribution in [0.4, 0.5) is 5.82 Å². The van der Waals surface area contributed by atoms with Crippen LogP contribution in [-0.2, 0) is 9.59 Å². The van der Waals surface area contributed by atoms with Crippen LogP contribution < -0.4 is 16.4 Å². The number of hydrogen-bond acceptors (Lipinski definition) is 11. The molecule has 1 fully saturated rings. The van der Waals surface area contributed by atoms with Gasteiger partial charge in [-0.15, -0.1) is 21.5 Å². The molecular weight excluding hydrogens is 701 g/mol. The van der Waals surface area contributed by atoms with Gasteiger partial charge in [0.1, 0.15) is 11.8 Å². The zero-order chi connectivity index (χ0) is 38.7. The van der Waals surface area contributed by atoms with E-state index < -0.39 is 23.6 Å². The number of anilines is 1. The molecule has 2 aromatic heterocycles. The third-order valence-electron chi connectivity index (χ3n) is 10.2. The summed E-state index contributed by atoms with van der Waals surface area (Å²) in [6.45, 7) is 15.5. The van der Waals surface area contributed by atoms with E-state index in [1.54, 1.807) is 34.4 Å². The fourth-order valence-corrected chi connectivity index (χ4v) is 7.96. The first-order valence-electron chi connectivity index (χ1n) is 18.3. The van der Waals surface area contributed by atoms with Crippen LogP contribution in [0.5, 0.6) is 5.75 Å². The number of likely N-dealkylation sites (tertiary alicyclic amines) is 1. The van der Waals surface area contributed by atoms with E-state index in [-0.39, 0.29) is 36.7 Å². The molecule has 12 nitrogen and oxygen atoms in total. The van der Waals surface area contributed by atoms with Crippen LogP contribution in [0.3, 0.4) is 0 Å². The van der Waals surface area contributed by atoms with Crippen molar-refractivity contribution in [3.63, 3.8) is 0 Å². The zero-order valence-electron chi connectivity index (χ0n) is 31.5. The summed E-state index contributed by atoms with van der Waals surface area (Å²) in [7, 11) is 0. The lowest BCUT2D eigenvalue weighted by atomic mass is 9.85. The highest BCUT2D eigenvalue weighted by atomic mass is 32.1. The smallest absolute Gasteiger partial charge is 0.246 e. The Labute approximate surface area is 320 Å². The number of nitrogens with zero attached hydrogens (tertiary/aromatic N) is 5. The molecule has 4 heterocycles. The summed E-state index contributed by atoms with van der Waals surface area (Å²) in [5.74, 6) is -0.102. The Morgan fingerprint density at radius 1 is 1.09 bits per heavy atom. The SMILES string of the molecule is C=C(N[C@@H](C)c1ccc(-c2scnc2C)cc1)[C@@H]1C[C@@H](O)CN1C(=O)[C@@H](NC(=O)CN1CC=C(c2cc(-c3ccccc3O)nnc2N)CC1)C(C)(C)C. The molecule has 54 heavy (non-hydrogen) atoms. The fraction of sp³-hybridized carbons (Fsp3) is 0.390. The molecule has 1 saturated heterocycles. The summed E-state index contributed by atoms with van der Waals surface area (Å²) in [5, 5.41) is 35.9. The minimum Gasteiger partial charge on any atom is -0.507 e. The number of carbonyl (C=O) groups is 2. The number of nitrogens with two attached hydrogens (primary N) is 1. The minimum absolute atomic E-state index is 0.0911. The predicted octanol–water partition coefficient (Wildman–Crippen LogP) is 5.31. The molecule has 13 heteroatoms. The second kappa shape index (κ2) is 16.1. The Morgan fingerprint density at radius 3 is 2.48 bits per heavy atom. The number of para-hydroxylation sites is 1. The van der Waals surface area contributed by atoms with Gasteiger partial charge in [-0.05, 0) is 60.6 Å². The average Bonchev–Trinajstić information content (AvgIpc) is 3.76. The highest BCUT2D eigenvalue weighted by molar-refractivity contribution is 7.13. The van der Waals surface area contributed by atoms with Crippen molar-refractivity contribution in [2.45, 2.75) is 71.7 Å². The maximum absolute atomic E-state index is 14.3. The summed E-state index contributed by atoms with van der Waals surface area (Å²) in [5.41, 5.74) is 14.1. The number of β-amino-alcohol motifs (C(OH)–C–C–N with tert-alkyl or cyclic N) is 1. The van der Waals surface area contributed by atoms with Crippen LogP contribution in [-0.4, -0.2) is 91.4 Å². The van der Waals surface area contributed by atoms with Crippen molar-refractivity contribution >= 4 is 34.5 Å². The number of aromatic hydroxyl groups is 1. The van der Waals surface area contributed by atoms with Gasteiger partial charge in [-0.2, -0.15) is 0 Å². The van der Waals surface area contributed by atoms with Crippen LogP contribution in [0.25, 0.3) is 27.3 Å². The van der Waals surface area contributed by atoms with E-state index >= 15 is 0 Å². The number of nitrogen functional groups attached to an aromatic ring is 1. The number of carbonyl (C=O) groups excluding carboxylic acids is 2. The molecule has 2 amide bonds. The van der Waals surface area contributed by atoms with Crippen LogP contribution in [0, 0.1) is 12.3 Å². The average molecular weight is 751 g/mol. The number of rotatable bonds is 11. The predicted molar refractivity (Wildman–Crippen MR) is 213 cm³/mol. The number of nitrogens with one attached hydrogen (secondary N) is 2. The summed E-state index contributed by atoms with van der Waals surface area (Å²) in [6.07, 6.45) is 2.30. The Bertz CT molecular complexity index is 2040. The third-order valence-corrected chi connectivity index (χ3v) is 11.2. The van der Waals surface area contributed by atoms with Gasteiger partial charge in [-0.1, -0.05) is 69.8 Å². The number of aliphatic hydroxyl groups is 1. The second-order valence-corrected chi connectivity index (χ2v) is 16.2. The summed E-state index contributed by atoms with van der Waals surface area (Å²) in [4.78, 5) is 37.0. The lowest BCUT2D eigenvalue weighted by Gasteiger charge is -2.37. The van der Waals surface area contributed by atoms with E-state index in [2.05, 4.69) is 56.7 Å². The van der Waals surface area contributed by atoms with Gasteiger partial charge < -0.3 is 31.5 Å². The summed E-state index contributed by atoms with van der Waals surface area (Å²) in [6, 6.07) is 15.8. The molecule has 6 rings (SSSR count). The number of phenols is 1. The van der Waals surface area contributed by atoms with Crippen molar-refractivity contribution in [3.05, 3.63) is 95.3 Å². The Hall–Kier alpha value is -5.11. The van der Waals surface area contributed by atoms with Crippen molar-refractivity contribution in [1.29, 1.82) is 0 Å². The largest absolute Gasteiger partial charge is 0.507 e. The second-order valence-electron chi connectivity index (χ2n) is 15.3. The van der Waals surface area contributed by atoms with Gasteiger partial charge in [0.05, 0.1) is 40.5 Å². The minimum atomic E-state index is -0.822. The van der Waals surface area contributed by atoms with E-state index in [1.165, 1.54) is 0 Å². The number of aryl methyl sites for hydroxylation is 1. The van der Waals surface area contributed by atoms with Gasteiger partial charge in [0.25, 0.3) is 0 Å². The number of benzene rings is 2. The topological polar surface area (TPSA) is 170 Å². The van der Waals surface area contributed by atoms with Crippen LogP contribution >= 0.6 is 11.3 Å². The number of phenolic OH excluding ortho intramolecular Hbond substituents is 1. The van der Waals surface area contributed by atoms with E-state index in [9.17, 15) is 19.8 Å². The first kappa shape index (κ1) is 38.6. The highest BCUT2D eigenvalue weighted by Gasteiger charge is 2.43. The van der Waals surface area contributed by atoms with Crippen LogP contribution in [0.2, 0.25) is 0 Å². The summed E-state index contributed by atoms with van der Waals surface area (Å²) < 4.78 is 0. The highest BCUT2D eigenvalue weighted by Crippen LogP contribution is 2.33. The molecule has 2 aromatic carbocycles. The standard InChI is InChI=1S/C41H50N8O4S/c1-24(27-11-13-29(14-12-27)37-26(3)43-23-54-37)44-25(2)34-19-30(50)21-49(34)40(53)38(41(4,5)6)45-36(52)22-48-17-15-28(16-18-48)32-20-33(46-47-39(32)42)31-9-7-8-10-35(31)51/h7-15,20,23-24,30,34,38,44,50-51H,2,16-19,21-22H2,1,3-6H3,(H2,42,47)(H,45,52)/t24-,30+,34-,38+/m0/s1. The molecule has 0 aliphatic carbocycles. The van der Waals surface area contributed by atoms with Gasteiger partial charge in [-0.3, -0.25) is 14.5 Å². The van der Waals surface area contributed by atoms with E-state index in [0.717, 1.165) is 32.8 Å². The molecule has 0 saturated carbocycles. The molecule has 4 aromatic rings. The Morgan fingerprint density at radius 2 is 1.83 bits per heavy atom. The number of aliphatic hydroxyl groups excluding tert-OH is 1. The first-order valence-corrected chi connectivity index (χ1v) is 19.1. The number of thiazole rings is 1. The van der Waals surface area contributed by atoms with Crippen molar-refractivity contribution < 1.29 is 19.8 Å². The molecule has 4 atom stereocenters. The van der Waals surface area contributed by atoms with Crippen molar-refractivity contribution in [2.24, 2.45) is 5.41 Å². The molecule has 6 N–H and O–H groups in total. The monoisotopic (exact) mass is 750 g/mol. The van der Waals surface area contributed by atoms with E-state index in [1.807, 2.05) is 63.2 Å². The molecule has 2 aliphatic heterocycles. The molecule has 284 valence electrons. The van der Waals surface area contributed by atoms with Gasteiger partial charge in [0.15, 0.2) is 5.82 Å². The number of aromatic nitrogens is 3. The van der Waals surface area contributed by atoms with Crippen molar-refractivity contribution in [1.82, 2.24) is 35.6 Å². The normalized spacial score (nSPS) is 18.9. The fourth-order valence-electron chi connectivity index (χ4n) is 7.15. The van der Waals surface area contributed by atoms with Crippen LogP contribution in [0.1, 0.15) is 63.4 Å². The van der Waals surface area contributed by atoms with E-state index in [0.29, 0.717) is 48.7 Å². The summed E-state index contributed by atoms with van der Waals surface area (Å²) >= 11 is 1.62. The molecule has 0 bridgehead atoms. The van der Waals surface area contributed by atoms with E-state index in [4.69, 9.17) is 5.73 Å². The first-order chi connectivity index (χ1) is 25.7. The third kappa shape index (κ3) is 8.64. The van der Waals surface area contributed by atoms with Crippen LogP contribution in [0.15, 0.2) is 78.5 Å². The van der Waals surface area contributed by atoms with Gasteiger partial charge in [0.2, 0.25) is 11.8 Å². The number of amides is 2. The van der Waals surface area contributed by atoms with Crippen molar-refractivity contribution in [3.8, 4) is 27.4 Å². The lowest BCUT2D eigenvalue weighted by Crippen LogP contribution is -2.57. The Balaban J connectivity index is 1.08. The molecule has 2 aliphatic rings. The lowest BCUT2D eigenvalue weighted by molar-refractivity contribution is -0.140. The maximum Gasteiger partial charge on any atom is 0.246 e.